The topological polar surface area (TPSA) is 71.4 Å². The van der Waals surface area contributed by atoms with Crippen LogP contribution in [0.2, 0.25) is 0 Å². The van der Waals surface area contributed by atoms with Crippen molar-refractivity contribution < 1.29 is 14.4 Å². The van der Waals surface area contributed by atoms with E-state index in [9.17, 15) is 14.4 Å². The largest absolute Gasteiger partial charge is 0.346 e. The van der Waals surface area contributed by atoms with Crippen LogP contribution < -0.4 is 5.32 Å². The van der Waals surface area contributed by atoms with E-state index in [2.05, 4.69) is 12.2 Å². The number of amides is 2. The van der Waals surface area contributed by atoms with Gasteiger partial charge in [-0.15, -0.1) is 0 Å². The van der Waals surface area contributed by atoms with E-state index in [-0.39, 0.29) is 18.5 Å². The highest BCUT2D eigenvalue weighted by Crippen LogP contribution is 2.25. The number of carbonyl (C=O) groups excluding carboxylic acids is 3. The number of likely N-dealkylation sites (tertiary alicyclic amines) is 1. The Morgan fingerprint density at radius 3 is 2.50 bits per heavy atom. The van der Waals surface area contributed by atoms with Crippen LogP contribution >= 0.6 is 0 Å². The van der Waals surface area contributed by atoms with Crippen molar-refractivity contribution >= 4 is 28.5 Å². The fraction of sp³-hybridized carbons (Fsp3) is 0.542. The molecule has 2 amide bonds. The predicted octanol–water partition coefficient (Wildman–Crippen LogP) is 3.53. The van der Waals surface area contributed by atoms with Crippen molar-refractivity contribution in [3.63, 3.8) is 0 Å². The first kappa shape index (κ1) is 20.6. The fourth-order valence-electron chi connectivity index (χ4n) is 4.83. The molecule has 6 heteroatoms. The van der Waals surface area contributed by atoms with E-state index in [0.29, 0.717) is 11.5 Å². The number of nitrogens with zero attached hydrogens (tertiary/aromatic N) is 2. The van der Waals surface area contributed by atoms with Crippen LogP contribution in [0.5, 0.6) is 0 Å². The number of carbonyl (C=O) groups is 3. The van der Waals surface area contributed by atoms with Gasteiger partial charge >= 0.3 is 0 Å². The predicted molar refractivity (Wildman–Crippen MR) is 116 cm³/mol. The molecule has 1 N–H and O–H groups in total. The number of Topliss-reactive ketones (excluding diaryl/α,β-unsaturated/α-hetero) is 1. The van der Waals surface area contributed by atoms with Gasteiger partial charge in [0.05, 0.1) is 5.56 Å². The van der Waals surface area contributed by atoms with E-state index < -0.39 is 11.7 Å². The number of hydrogen-bond acceptors (Lipinski definition) is 3. The molecule has 1 saturated carbocycles. The molecule has 2 aromatic rings. The maximum atomic E-state index is 13.0. The summed E-state index contributed by atoms with van der Waals surface area (Å²) in [4.78, 5) is 40.4. The van der Waals surface area contributed by atoms with Crippen molar-refractivity contribution in [1.29, 1.82) is 0 Å². The summed E-state index contributed by atoms with van der Waals surface area (Å²) in [5.41, 5.74) is 1.18. The van der Waals surface area contributed by atoms with Gasteiger partial charge < -0.3 is 14.8 Å². The molecule has 30 heavy (non-hydrogen) atoms. The Labute approximate surface area is 177 Å². The van der Waals surface area contributed by atoms with Gasteiger partial charge in [-0.25, -0.2) is 0 Å². The molecule has 1 saturated heterocycles. The summed E-state index contributed by atoms with van der Waals surface area (Å²) < 4.78 is 1.82. The van der Waals surface area contributed by atoms with Crippen LogP contribution in [0.3, 0.4) is 0 Å². The van der Waals surface area contributed by atoms with Crippen LogP contribution in [0.15, 0.2) is 30.5 Å². The molecular formula is C24H31N3O3. The lowest BCUT2D eigenvalue weighted by Crippen LogP contribution is -2.44. The SMILES string of the molecule is C[C@H]1CCCC[C@@H]1NC(=O)C(=O)c1cn(CC(=O)N2CCCCC2)c2ccccc12. The van der Waals surface area contributed by atoms with Gasteiger partial charge in [-0.3, -0.25) is 14.4 Å². The van der Waals surface area contributed by atoms with Crippen molar-refractivity contribution in [2.45, 2.75) is 64.5 Å². The molecule has 2 heterocycles. The van der Waals surface area contributed by atoms with E-state index in [1.54, 1.807) is 6.20 Å². The van der Waals surface area contributed by atoms with Gasteiger partial charge in [0, 0.05) is 36.2 Å². The van der Waals surface area contributed by atoms with Crippen LogP contribution in [0.25, 0.3) is 10.9 Å². The number of para-hydroxylation sites is 1. The summed E-state index contributed by atoms with van der Waals surface area (Å²) in [7, 11) is 0. The molecule has 2 aliphatic rings. The maximum Gasteiger partial charge on any atom is 0.292 e. The van der Waals surface area contributed by atoms with Gasteiger partial charge in [-0.1, -0.05) is 38.0 Å². The standard InChI is InChI=1S/C24H31N3O3/c1-17-9-3-5-11-20(17)25-24(30)23(29)19-15-27(21-12-6-4-10-18(19)21)16-22(28)26-13-7-2-8-14-26/h4,6,10,12,15,17,20H,2-3,5,7-9,11,13-14,16H2,1H3,(H,25,30)/t17-,20-/m0/s1. The van der Waals surface area contributed by atoms with E-state index in [0.717, 1.165) is 56.1 Å². The van der Waals surface area contributed by atoms with Crippen LogP contribution in [-0.2, 0) is 16.1 Å². The Morgan fingerprint density at radius 2 is 1.73 bits per heavy atom. The molecule has 0 radical (unpaired) electrons. The summed E-state index contributed by atoms with van der Waals surface area (Å²) in [6.07, 6.45) is 9.20. The summed E-state index contributed by atoms with van der Waals surface area (Å²) in [5, 5.41) is 3.68. The lowest BCUT2D eigenvalue weighted by molar-refractivity contribution is -0.132. The van der Waals surface area contributed by atoms with Crippen molar-refractivity contribution in [3.8, 4) is 0 Å². The van der Waals surface area contributed by atoms with Crippen LogP contribution in [-0.4, -0.2) is 46.2 Å². The molecule has 1 aliphatic carbocycles. The smallest absolute Gasteiger partial charge is 0.292 e. The Hall–Kier alpha value is -2.63. The summed E-state index contributed by atoms with van der Waals surface area (Å²) in [5.74, 6) is -0.610. The van der Waals surface area contributed by atoms with E-state index in [1.165, 1.54) is 12.8 Å². The quantitative estimate of drug-likeness (QED) is 0.607. The molecule has 1 aromatic heterocycles. The molecule has 0 spiro atoms. The molecule has 1 aromatic carbocycles. The number of benzene rings is 1. The van der Waals surface area contributed by atoms with Gasteiger partial charge in [-0.2, -0.15) is 0 Å². The molecule has 6 nitrogen and oxygen atoms in total. The lowest BCUT2D eigenvalue weighted by Gasteiger charge is -2.29. The highest BCUT2D eigenvalue weighted by atomic mass is 16.2. The minimum Gasteiger partial charge on any atom is -0.346 e. The minimum absolute atomic E-state index is 0.0595. The molecule has 2 fully saturated rings. The second kappa shape index (κ2) is 9.02. The Kier molecular flexibility index (Phi) is 6.21. The summed E-state index contributed by atoms with van der Waals surface area (Å²) in [6, 6.07) is 7.56. The highest BCUT2D eigenvalue weighted by Gasteiger charge is 2.28. The second-order valence-electron chi connectivity index (χ2n) is 8.80. The number of ketones is 1. The molecule has 4 rings (SSSR count). The fourth-order valence-corrected chi connectivity index (χ4v) is 4.83. The van der Waals surface area contributed by atoms with Gasteiger partial charge in [0.2, 0.25) is 5.91 Å². The first-order valence-electron chi connectivity index (χ1n) is 11.3. The average Bonchev–Trinajstić information content (AvgIpc) is 3.14. The van der Waals surface area contributed by atoms with Crippen LogP contribution in [0, 0.1) is 5.92 Å². The van der Waals surface area contributed by atoms with Gasteiger partial charge in [-0.05, 0) is 44.1 Å². The van der Waals surface area contributed by atoms with E-state index in [1.807, 2.05) is 33.7 Å². The second-order valence-corrected chi connectivity index (χ2v) is 8.80. The molecule has 0 bridgehead atoms. The normalized spacial score (nSPS) is 22.1. The van der Waals surface area contributed by atoms with E-state index >= 15 is 0 Å². The Morgan fingerprint density at radius 1 is 1.00 bits per heavy atom. The first-order valence-corrected chi connectivity index (χ1v) is 11.3. The molecular weight excluding hydrogens is 378 g/mol. The molecule has 2 atom stereocenters. The molecule has 1 aliphatic heterocycles. The molecule has 0 unspecified atom stereocenters. The van der Waals surface area contributed by atoms with Crippen molar-refractivity contribution in [3.05, 3.63) is 36.0 Å². The monoisotopic (exact) mass is 409 g/mol. The van der Waals surface area contributed by atoms with E-state index in [4.69, 9.17) is 0 Å². The Bertz CT molecular complexity index is 942. The average molecular weight is 410 g/mol. The number of rotatable bonds is 5. The number of piperidine rings is 1. The summed E-state index contributed by atoms with van der Waals surface area (Å²) in [6.45, 7) is 3.92. The molecule has 160 valence electrons. The maximum absolute atomic E-state index is 13.0. The highest BCUT2D eigenvalue weighted by molar-refractivity contribution is 6.45. The number of nitrogens with one attached hydrogen (secondary N) is 1. The third kappa shape index (κ3) is 4.27. The minimum atomic E-state index is -0.543. The first-order chi connectivity index (χ1) is 14.5. The third-order valence-corrected chi connectivity index (χ3v) is 6.68. The van der Waals surface area contributed by atoms with Crippen LogP contribution in [0.4, 0.5) is 0 Å². The number of fused-ring (bicyclic) bond motifs is 1. The third-order valence-electron chi connectivity index (χ3n) is 6.68. The number of aromatic nitrogens is 1. The Balaban J connectivity index is 1.54. The van der Waals surface area contributed by atoms with Gasteiger partial charge in [0.25, 0.3) is 11.7 Å². The van der Waals surface area contributed by atoms with Crippen LogP contribution in [0.1, 0.15) is 62.2 Å². The van der Waals surface area contributed by atoms with Crippen molar-refractivity contribution in [2.24, 2.45) is 5.92 Å². The summed E-state index contributed by atoms with van der Waals surface area (Å²) >= 11 is 0. The zero-order valence-electron chi connectivity index (χ0n) is 17.7. The van der Waals surface area contributed by atoms with Crippen molar-refractivity contribution in [2.75, 3.05) is 13.1 Å². The van der Waals surface area contributed by atoms with Crippen molar-refractivity contribution in [1.82, 2.24) is 14.8 Å². The van der Waals surface area contributed by atoms with Gasteiger partial charge in [0.15, 0.2) is 0 Å². The number of hydrogen-bond donors (Lipinski definition) is 1. The zero-order chi connectivity index (χ0) is 21.1. The lowest BCUT2D eigenvalue weighted by atomic mass is 9.86. The zero-order valence-corrected chi connectivity index (χ0v) is 17.7. The van der Waals surface area contributed by atoms with Gasteiger partial charge in [0.1, 0.15) is 6.54 Å².